The van der Waals surface area contributed by atoms with E-state index in [0.29, 0.717) is 22.7 Å². The molecule has 0 aliphatic carbocycles. The number of anilines is 1. The zero-order valence-corrected chi connectivity index (χ0v) is 11.1. The van der Waals surface area contributed by atoms with E-state index < -0.39 is 5.91 Å². The number of nitrogen functional groups attached to an aromatic ring is 1. The lowest BCUT2D eigenvalue weighted by Gasteiger charge is -2.10. The largest absolute Gasteiger partial charge is 0.457 e. The third-order valence-electron chi connectivity index (χ3n) is 3.16. The lowest BCUT2D eigenvalue weighted by atomic mass is 10.1. The molecule has 0 unspecified atom stereocenters. The van der Waals surface area contributed by atoms with Gasteiger partial charge in [-0.05, 0) is 36.4 Å². The first-order chi connectivity index (χ1) is 10.1. The Morgan fingerprint density at radius 3 is 2.76 bits per heavy atom. The number of nitrogens with zero attached hydrogens (tertiary/aromatic N) is 1. The molecule has 0 bridgehead atoms. The van der Waals surface area contributed by atoms with Crippen molar-refractivity contribution in [3.63, 3.8) is 0 Å². The van der Waals surface area contributed by atoms with Crippen LogP contribution in [0.25, 0.3) is 10.8 Å². The summed E-state index contributed by atoms with van der Waals surface area (Å²) >= 11 is 0. The number of rotatable bonds is 3. The summed E-state index contributed by atoms with van der Waals surface area (Å²) in [5.74, 6) is 0.684. The van der Waals surface area contributed by atoms with Crippen molar-refractivity contribution in [2.24, 2.45) is 5.73 Å². The van der Waals surface area contributed by atoms with E-state index in [0.717, 1.165) is 10.8 Å². The summed E-state index contributed by atoms with van der Waals surface area (Å²) in [5.41, 5.74) is 12.2. The Balaban J connectivity index is 2.04. The minimum absolute atomic E-state index is 0.397. The molecule has 0 fully saturated rings. The van der Waals surface area contributed by atoms with Crippen molar-refractivity contribution < 1.29 is 9.53 Å². The van der Waals surface area contributed by atoms with Gasteiger partial charge in [0.2, 0.25) is 5.91 Å². The van der Waals surface area contributed by atoms with Crippen molar-refractivity contribution in [3.05, 3.63) is 60.4 Å². The van der Waals surface area contributed by atoms with Crippen LogP contribution in [0.15, 0.2) is 54.9 Å². The first-order valence-corrected chi connectivity index (χ1v) is 6.35. The number of carbonyl (C=O) groups is 1. The maximum atomic E-state index is 11.2. The molecular formula is C16H13N3O2. The fourth-order valence-corrected chi connectivity index (χ4v) is 2.11. The van der Waals surface area contributed by atoms with Gasteiger partial charge < -0.3 is 16.2 Å². The van der Waals surface area contributed by atoms with Crippen LogP contribution in [0.3, 0.4) is 0 Å². The van der Waals surface area contributed by atoms with E-state index in [4.69, 9.17) is 16.2 Å². The molecule has 4 N–H and O–H groups in total. The van der Waals surface area contributed by atoms with E-state index in [1.54, 1.807) is 48.8 Å². The van der Waals surface area contributed by atoms with Crippen molar-refractivity contribution in [1.82, 2.24) is 4.98 Å². The topological polar surface area (TPSA) is 91.2 Å². The van der Waals surface area contributed by atoms with Crippen LogP contribution in [0.2, 0.25) is 0 Å². The predicted molar refractivity (Wildman–Crippen MR) is 81.2 cm³/mol. The van der Waals surface area contributed by atoms with Gasteiger partial charge in [0.05, 0.1) is 0 Å². The first kappa shape index (κ1) is 12.9. The number of carbonyl (C=O) groups excluding carboxylic acids is 1. The summed E-state index contributed by atoms with van der Waals surface area (Å²) in [6, 6.07) is 12.1. The highest BCUT2D eigenvalue weighted by Gasteiger charge is 2.08. The number of amides is 1. The van der Waals surface area contributed by atoms with Gasteiger partial charge in [0, 0.05) is 34.4 Å². The van der Waals surface area contributed by atoms with Crippen LogP contribution >= 0.6 is 0 Å². The van der Waals surface area contributed by atoms with Gasteiger partial charge in [-0.25, -0.2) is 0 Å². The number of primary amides is 1. The fraction of sp³-hybridized carbons (Fsp3) is 0. The monoisotopic (exact) mass is 279 g/mol. The van der Waals surface area contributed by atoms with Gasteiger partial charge in [0.25, 0.3) is 0 Å². The molecule has 0 spiro atoms. The van der Waals surface area contributed by atoms with Crippen LogP contribution in [-0.2, 0) is 0 Å². The third kappa shape index (κ3) is 2.49. The van der Waals surface area contributed by atoms with E-state index in [-0.39, 0.29) is 0 Å². The Kier molecular flexibility index (Phi) is 3.16. The summed E-state index contributed by atoms with van der Waals surface area (Å²) in [4.78, 5) is 15.3. The van der Waals surface area contributed by atoms with Gasteiger partial charge in [-0.2, -0.15) is 0 Å². The molecule has 1 aromatic heterocycles. The number of pyridine rings is 1. The Morgan fingerprint density at radius 1 is 1.10 bits per heavy atom. The molecule has 0 radical (unpaired) electrons. The van der Waals surface area contributed by atoms with Crippen LogP contribution in [0.4, 0.5) is 5.69 Å². The Bertz CT molecular complexity index is 831. The molecule has 5 heteroatoms. The zero-order valence-electron chi connectivity index (χ0n) is 11.1. The van der Waals surface area contributed by atoms with Crippen molar-refractivity contribution >= 4 is 22.4 Å². The average Bonchev–Trinajstić information content (AvgIpc) is 2.51. The summed E-state index contributed by atoms with van der Waals surface area (Å²) in [7, 11) is 0. The molecule has 1 amide bonds. The standard InChI is InChI=1S/C16H13N3O2/c17-14-4-5-15(12-6-7-19-9-13(12)14)21-11-3-1-2-10(8-11)16(18)20/h1-9H,17H2,(H2,18,20). The Hall–Kier alpha value is -3.08. The van der Waals surface area contributed by atoms with Crippen LogP contribution in [0, 0.1) is 0 Å². The molecule has 104 valence electrons. The fourth-order valence-electron chi connectivity index (χ4n) is 2.11. The maximum absolute atomic E-state index is 11.2. The zero-order chi connectivity index (χ0) is 14.8. The third-order valence-corrected chi connectivity index (χ3v) is 3.16. The predicted octanol–water partition coefficient (Wildman–Crippen LogP) is 2.71. The Labute approximate surface area is 121 Å². The van der Waals surface area contributed by atoms with Gasteiger partial charge in [0.15, 0.2) is 0 Å². The number of ether oxygens (including phenoxy) is 1. The van der Waals surface area contributed by atoms with E-state index in [2.05, 4.69) is 4.98 Å². The lowest BCUT2D eigenvalue weighted by Crippen LogP contribution is -2.10. The SMILES string of the molecule is NC(=O)c1cccc(Oc2ccc(N)c3cnccc23)c1. The number of benzene rings is 2. The van der Waals surface area contributed by atoms with Crippen molar-refractivity contribution in [3.8, 4) is 11.5 Å². The second-order valence-electron chi connectivity index (χ2n) is 4.57. The number of aromatic nitrogens is 1. The van der Waals surface area contributed by atoms with Gasteiger partial charge in [-0.1, -0.05) is 6.07 Å². The Morgan fingerprint density at radius 2 is 1.95 bits per heavy atom. The van der Waals surface area contributed by atoms with E-state index in [9.17, 15) is 4.79 Å². The second-order valence-corrected chi connectivity index (χ2v) is 4.57. The molecule has 0 saturated carbocycles. The number of hydrogen-bond donors (Lipinski definition) is 2. The summed E-state index contributed by atoms with van der Waals surface area (Å²) < 4.78 is 5.85. The number of nitrogens with two attached hydrogens (primary N) is 2. The van der Waals surface area contributed by atoms with Crippen molar-refractivity contribution in [2.45, 2.75) is 0 Å². The van der Waals surface area contributed by atoms with Gasteiger partial charge >= 0.3 is 0 Å². The molecule has 3 aromatic rings. The molecule has 0 aliphatic heterocycles. The van der Waals surface area contributed by atoms with E-state index in [1.807, 2.05) is 6.07 Å². The molecule has 0 aliphatic rings. The smallest absolute Gasteiger partial charge is 0.248 e. The highest BCUT2D eigenvalue weighted by molar-refractivity contribution is 5.96. The molecule has 21 heavy (non-hydrogen) atoms. The summed E-state index contributed by atoms with van der Waals surface area (Å²) in [6.45, 7) is 0. The number of hydrogen-bond acceptors (Lipinski definition) is 4. The molecule has 5 nitrogen and oxygen atoms in total. The molecular weight excluding hydrogens is 266 g/mol. The van der Waals surface area contributed by atoms with Crippen LogP contribution < -0.4 is 16.2 Å². The minimum atomic E-state index is -0.494. The van der Waals surface area contributed by atoms with Gasteiger partial charge in [0.1, 0.15) is 11.5 Å². The van der Waals surface area contributed by atoms with Crippen molar-refractivity contribution in [2.75, 3.05) is 5.73 Å². The van der Waals surface area contributed by atoms with Crippen molar-refractivity contribution in [1.29, 1.82) is 0 Å². The summed E-state index contributed by atoms with van der Waals surface area (Å²) in [6.07, 6.45) is 3.37. The molecule has 3 rings (SSSR count). The average molecular weight is 279 g/mol. The summed E-state index contributed by atoms with van der Waals surface area (Å²) in [5, 5.41) is 1.68. The molecule has 0 saturated heterocycles. The highest BCUT2D eigenvalue weighted by atomic mass is 16.5. The van der Waals surface area contributed by atoms with E-state index >= 15 is 0 Å². The van der Waals surface area contributed by atoms with Gasteiger partial charge in [-0.15, -0.1) is 0 Å². The molecule has 0 atom stereocenters. The maximum Gasteiger partial charge on any atom is 0.248 e. The molecule has 1 heterocycles. The van der Waals surface area contributed by atoms with Crippen LogP contribution in [-0.4, -0.2) is 10.9 Å². The van der Waals surface area contributed by atoms with Gasteiger partial charge in [-0.3, -0.25) is 9.78 Å². The number of fused-ring (bicyclic) bond motifs is 1. The lowest BCUT2D eigenvalue weighted by molar-refractivity contribution is 0.1000. The quantitative estimate of drug-likeness (QED) is 0.721. The first-order valence-electron chi connectivity index (χ1n) is 6.35. The molecule has 2 aromatic carbocycles. The second kappa shape index (κ2) is 5.13. The minimum Gasteiger partial charge on any atom is -0.457 e. The van der Waals surface area contributed by atoms with E-state index in [1.165, 1.54) is 0 Å². The van der Waals surface area contributed by atoms with Crippen LogP contribution in [0.5, 0.6) is 11.5 Å². The highest BCUT2D eigenvalue weighted by Crippen LogP contribution is 2.32. The normalized spacial score (nSPS) is 10.5. The van der Waals surface area contributed by atoms with Crippen LogP contribution in [0.1, 0.15) is 10.4 Å².